The van der Waals surface area contributed by atoms with Crippen LogP contribution < -0.4 is 10.6 Å². The number of unbranched alkanes of at least 4 members (excludes halogenated alkanes) is 1. The van der Waals surface area contributed by atoms with Crippen LogP contribution in [0.3, 0.4) is 0 Å². The third-order valence-electron chi connectivity index (χ3n) is 7.87. The molecule has 0 bridgehead atoms. The second-order valence-corrected chi connectivity index (χ2v) is 13.9. The van der Waals surface area contributed by atoms with E-state index in [2.05, 4.69) is 24.5 Å². The van der Waals surface area contributed by atoms with E-state index in [9.17, 15) is 19.2 Å². The minimum atomic E-state index is -0.362. The van der Waals surface area contributed by atoms with Gasteiger partial charge in [-0.2, -0.15) is 0 Å². The average molecular weight is 617 g/mol. The molecule has 230 valence electrons. The molecule has 0 radical (unpaired) electrons. The van der Waals surface area contributed by atoms with Crippen molar-refractivity contribution in [2.45, 2.75) is 105 Å². The molecule has 42 heavy (non-hydrogen) atoms. The summed E-state index contributed by atoms with van der Waals surface area (Å²) in [5.41, 5.74) is 3.08. The fourth-order valence-corrected chi connectivity index (χ4v) is 8.42. The molecule has 10 heteroatoms. The Morgan fingerprint density at radius 1 is 0.714 bits per heavy atom. The molecular weight excluding hydrogens is 572 g/mol. The molecule has 0 spiro atoms. The Balaban J connectivity index is 1.32. The molecule has 2 heterocycles. The van der Waals surface area contributed by atoms with Gasteiger partial charge < -0.3 is 20.1 Å². The van der Waals surface area contributed by atoms with Crippen molar-refractivity contribution in [1.82, 2.24) is 0 Å². The second-order valence-electron chi connectivity index (χ2n) is 11.7. The highest BCUT2D eigenvalue weighted by molar-refractivity contribution is 7.17. The van der Waals surface area contributed by atoms with Gasteiger partial charge in [0.1, 0.15) is 10.0 Å². The fourth-order valence-electron chi connectivity index (χ4n) is 5.59. The molecule has 8 nitrogen and oxygen atoms in total. The highest BCUT2D eigenvalue weighted by Gasteiger charge is 2.30. The number of carbonyl (C=O) groups is 4. The van der Waals surface area contributed by atoms with E-state index in [-0.39, 0.29) is 36.6 Å². The number of fused-ring (bicyclic) bond motifs is 2. The molecule has 2 aliphatic rings. The average Bonchev–Trinajstić information content (AvgIpc) is 3.48. The monoisotopic (exact) mass is 616 g/mol. The molecule has 4 rings (SSSR count). The molecule has 0 aliphatic heterocycles. The molecule has 2 atom stereocenters. The molecule has 2 aliphatic carbocycles. The van der Waals surface area contributed by atoms with Crippen LogP contribution >= 0.6 is 22.7 Å². The van der Waals surface area contributed by atoms with Crippen molar-refractivity contribution < 1.29 is 28.7 Å². The lowest BCUT2D eigenvalue weighted by atomic mass is 9.88. The first-order valence-corrected chi connectivity index (χ1v) is 17.1. The van der Waals surface area contributed by atoms with Crippen molar-refractivity contribution in [1.29, 1.82) is 0 Å². The van der Waals surface area contributed by atoms with Crippen LogP contribution in [0, 0.1) is 11.8 Å². The number of carbonyl (C=O) groups excluding carboxylic acids is 4. The molecule has 0 saturated heterocycles. The van der Waals surface area contributed by atoms with Crippen LogP contribution in [0.4, 0.5) is 10.0 Å². The zero-order valence-electron chi connectivity index (χ0n) is 25.3. The van der Waals surface area contributed by atoms with Gasteiger partial charge in [0.05, 0.1) is 24.3 Å². The van der Waals surface area contributed by atoms with Gasteiger partial charge >= 0.3 is 11.9 Å². The first-order chi connectivity index (χ1) is 20.2. The summed E-state index contributed by atoms with van der Waals surface area (Å²) in [6.45, 7) is 9.02. The Morgan fingerprint density at radius 2 is 1.12 bits per heavy atom. The molecular formula is C32H44N2O6S2. The lowest BCUT2D eigenvalue weighted by Gasteiger charge is -2.18. The highest BCUT2D eigenvalue weighted by atomic mass is 32.1. The second kappa shape index (κ2) is 15.1. The molecule has 2 amide bonds. The number of anilines is 2. The van der Waals surface area contributed by atoms with Gasteiger partial charge in [0, 0.05) is 22.6 Å². The van der Waals surface area contributed by atoms with Gasteiger partial charge in [-0.05, 0) is 87.2 Å². The molecule has 0 saturated carbocycles. The van der Waals surface area contributed by atoms with Crippen molar-refractivity contribution in [2.24, 2.45) is 11.8 Å². The largest absolute Gasteiger partial charge is 0.462 e. The summed E-state index contributed by atoms with van der Waals surface area (Å²) >= 11 is 2.97. The highest BCUT2D eigenvalue weighted by Crippen LogP contribution is 2.41. The topological polar surface area (TPSA) is 111 Å². The van der Waals surface area contributed by atoms with Gasteiger partial charge in [0.15, 0.2) is 0 Å². The summed E-state index contributed by atoms with van der Waals surface area (Å²) in [5, 5.41) is 7.09. The molecule has 0 aromatic carbocycles. The number of amides is 2. The van der Waals surface area contributed by atoms with Crippen molar-refractivity contribution in [3.8, 4) is 0 Å². The Kier molecular flexibility index (Phi) is 11.6. The summed E-state index contributed by atoms with van der Waals surface area (Å²) in [4.78, 5) is 53.8. The number of thiophene rings is 2. The lowest BCUT2D eigenvalue weighted by molar-refractivity contribution is -0.118. The SMILES string of the molecule is CCCOC(=O)c1c(NC(=O)CCCCC(=O)Nc2sc3c(c2C(=O)OCCC)CCC(C)C3)sc2c1CCC(C)C2. The van der Waals surface area contributed by atoms with Gasteiger partial charge in [-0.15, -0.1) is 22.7 Å². The zero-order chi connectivity index (χ0) is 30.2. The zero-order valence-corrected chi connectivity index (χ0v) is 27.0. The Hall–Kier alpha value is -2.72. The molecule has 2 unspecified atom stereocenters. The van der Waals surface area contributed by atoms with Gasteiger partial charge in [0.2, 0.25) is 11.8 Å². The van der Waals surface area contributed by atoms with Crippen LogP contribution in [0.15, 0.2) is 0 Å². The summed E-state index contributed by atoms with van der Waals surface area (Å²) in [6, 6.07) is 0. The van der Waals surface area contributed by atoms with E-state index in [0.717, 1.165) is 72.2 Å². The first kappa shape index (κ1) is 32.2. The third-order valence-corrected chi connectivity index (χ3v) is 10.2. The number of nitrogens with one attached hydrogen (secondary N) is 2. The van der Waals surface area contributed by atoms with E-state index in [4.69, 9.17) is 9.47 Å². The Bertz CT molecular complexity index is 1200. The Labute approximate surface area is 256 Å². The van der Waals surface area contributed by atoms with E-state index in [1.54, 1.807) is 0 Å². The van der Waals surface area contributed by atoms with Gasteiger partial charge in [0.25, 0.3) is 0 Å². The van der Waals surface area contributed by atoms with Crippen molar-refractivity contribution in [3.05, 3.63) is 32.0 Å². The van der Waals surface area contributed by atoms with Crippen LogP contribution in [-0.4, -0.2) is 37.0 Å². The van der Waals surface area contributed by atoms with Crippen molar-refractivity contribution in [2.75, 3.05) is 23.8 Å². The summed E-state index contributed by atoms with van der Waals surface area (Å²) in [7, 11) is 0. The van der Waals surface area contributed by atoms with E-state index >= 15 is 0 Å². The number of hydrogen-bond acceptors (Lipinski definition) is 8. The van der Waals surface area contributed by atoms with E-state index in [1.807, 2.05) is 13.8 Å². The normalized spacial score (nSPS) is 17.6. The van der Waals surface area contributed by atoms with Gasteiger partial charge in [-0.1, -0.05) is 27.7 Å². The van der Waals surface area contributed by atoms with E-state index < -0.39 is 0 Å². The summed E-state index contributed by atoms with van der Waals surface area (Å²) in [6.07, 6.45) is 8.51. The maximum atomic E-state index is 12.9. The smallest absolute Gasteiger partial charge is 0.341 e. The fraction of sp³-hybridized carbons (Fsp3) is 0.625. The van der Waals surface area contributed by atoms with Crippen LogP contribution in [0.5, 0.6) is 0 Å². The number of rotatable bonds is 13. The maximum absolute atomic E-state index is 12.9. The maximum Gasteiger partial charge on any atom is 0.341 e. The van der Waals surface area contributed by atoms with Crippen LogP contribution in [-0.2, 0) is 44.7 Å². The molecule has 0 fully saturated rings. The Morgan fingerprint density at radius 3 is 1.50 bits per heavy atom. The first-order valence-electron chi connectivity index (χ1n) is 15.4. The minimum absolute atomic E-state index is 0.174. The van der Waals surface area contributed by atoms with Crippen LogP contribution in [0.25, 0.3) is 0 Å². The van der Waals surface area contributed by atoms with Crippen LogP contribution in [0.1, 0.15) is 121 Å². The summed E-state index contributed by atoms with van der Waals surface area (Å²) < 4.78 is 10.9. The minimum Gasteiger partial charge on any atom is -0.462 e. The van der Waals surface area contributed by atoms with Crippen LogP contribution in [0.2, 0.25) is 0 Å². The standard InChI is InChI=1S/C32H44N2O6S2/c1-5-15-39-31(37)27-21-13-11-19(3)17-23(21)41-29(27)33-25(35)9-7-8-10-26(36)34-30-28(32(38)40-16-6-2)22-14-12-20(4)18-24(22)42-30/h19-20H,5-18H2,1-4H3,(H,33,35)(H,34,36). The summed E-state index contributed by atoms with van der Waals surface area (Å²) in [5.74, 6) is 0.0236. The van der Waals surface area contributed by atoms with Gasteiger partial charge in [-0.3, -0.25) is 9.59 Å². The number of ether oxygens (including phenoxy) is 2. The number of hydrogen-bond donors (Lipinski definition) is 2. The molecule has 2 aromatic rings. The van der Waals surface area contributed by atoms with Gasteiger partial charge in [-0.25, -0.2) is 9.59 Å². The number of esters is 2. The van der Waals surface area contributed by atoms with E-state index in [0.29, 0.717) is 59.0 Å². The quantitative estimate of drug-likeness (QED) is 0.180. The third kappa shape index (κ3) is 8.01. The van der Waals surface area contributed by atoms with Crippen molar-refractivity contribution >= 4 is 56.4 Å². The molecule has 2 N–H and O–H groups in total. The van der Waals surface area contributed by atoms with E-state index in [1.165, 1.54) is 22.7 Å². The molecule has 2 aromatic heterocycles. The van der Waals surface area contributed by atoms with Crippen molar-refractivity contribution in [3.63, 3.8) is 0 Å². The predicted octanol–water partition coefficient (Wildman–Crippen LogP) is 7.33. The predicted molar refractivity (Wildman–Crippen MR) is 168 cm³/mol. The lowest BCUT2D eigenvalue weighted by Crippen LogP contribution is -2.17.